The van der Waals surface area contributed by atoms with Crippen LogP contribution in [0.15, 0.2) is 0 Å². The molecule has 0 radical (unpaired) electrons. The Balaban J connectivity index is 2.17. The third-order valence-corrected chi connectivity index (χ3v) is 3.25. The van der Waals surface area contributed by atoms with Gasteiger partial charge in [0.15, 0.2) is 0 Å². The fourth-order valence-corrected chi connectivity index (χ4v) is 2.08. The van der Waals surface area contributed by atoms with E-state index in [0.717, 1.165) is 11.4 Å². The Hall–Kier alpha value is -1.70. The highest BCUT2D eigenvalue weighted by Crippen LogP contribution is 2.15. The first kappa shape index (κ1) is 17.4. The van der Waals surface area contributed by atoms with Crippen LogP contribution in [-0.4, -0.2) is 34.3 Å². The molecule has 1 heterocycles. The Morgan fingerprint density at radius 2 is 2.00 bits per heavy atom. The van der Waals surface area contributed by atoms with Crippen LogP contribution in [0.25, 0.3) is 0 Å². The molecule has 0 bridgehead atoms. The Morgan fingerprint density at radius 1 is 1.29 bits per heavy atom. The van der Waals surface area contributed by atoms with Crippen molar-refractivity contribution < 1.29 is 14.3 Å². The summed E-state index contributed by atoms with van der Waals surface area (Å²) in [6.07, 6.45) is 1.16. The molecular weight excluding hydrogens is 292 g/mol. The van der Waals surface area contributed by atoms with Gasteiger partial charge < -0.3 is 15.4 Å². The molecule has 21 heavy (non-hydrogen) atoms. The molecule has 0 saturated heterocycles. The van der Waals surface area contributed by atoms with Crippen molar-refractivity contribution in [1.29, 1.82) is 0 Å². The summed E-state index contributed by atoms with van der Waals surface area (Å²) in [5.74, 6) is -0.139. The van der Waals surface area contributed by atoms with Crippen molar-refractivity contribution in [1.82, 2.24) is 15.5 Å². The van der Waals surface area contributed by atoms with E-state index >= 15 is 0 Å². The molecule has 8 heteroatoms. The second kappa shape index (κ2) is 7.92. The van der Waals surface area contributed by atoms with Crippen LogP contribution in [0.3, 0.4) is 0 Å². The monoisotopic (exact) mass is 314 g/mol. The SMILES string of the molecule is CCc1nnc(NC(=O)CCCNC(=O)OC(C)(C)C)s1. The van der Waals surface area contributed by atoms with E-state index in [4.69, 9.17) is 4.74 Å². The molecule has 0 spiro atoms. The second-order valence-corrected chi connectivity index (χ2v) is 6.50. The smallest absolute Gasteiger partial charge is 0.407 e. The van der Waals surface area contributed by atoms with Gasteiger partial charge in [-0.05, 0) is 33.6 Å². The van der Waals surface area contributed by atoms with Gasteiger partial charge in [-0.3, -0.25) is 4.79 Å². The van der Waals surface area contributed by atoms with Crippen LogP contribution in [-0.2, 0) is 16.0 Å². The summed E-state index contributed by atoms with van der Waals surface area (Å²) >= 11 is 1.37. The van der Waals surface area contributed by atoms with Gasteiger partial charge in [0.25, 0.3) is 0 Å². The zero-order valence-electron chi connectivity index (χ0n) is 12.9. The molecule has 0 fully saturated rings. The fourth-order valence-electron chi connectivity index (χ4n) is 1.38. The predicted octanol–water partition coefficient (Wildman–Crippen LogP) is 2.34. The highest BCUT2D eigenvalue weighted by molar-refractivity contribution is 7.15. The van der Waals surface area contributed by atoms with Crippen molar-refractivity contribution in [3.63, 3.8) is 0 Å². The topological polar surface area (TPSA) is 93.2 Å². The molecule has 0 saturated carbocycles. The number of nitrogens with one attached hydrogen (secondary N) is 2. The van der Waals surface area contributed by atoms with Crippen LogP contribution in [0, 0.1) is 0 Å². The van der Waals surface area contributed by atoms with Crippen LogP contribution < -0.4 is 10.6 Å². The highest BCUT2D eigenvalue weighted by Gasteiger charge is 2.15. The van der Waals surface area contributed by atoms with E-state index in [2.05, 4.69) is 20.8 Å². The molecule has 1 aromatic rings. The van der Waals surface area contributed by atoms with E-state index in [0.29, 0.717) is 24.5 Å². The first-order chi connectivity index (χ1) is 9.80. The van der Waals surface area contributed by atoms with Gasteiger partial charge in [-0.15, -0.1) is 10.2 Å². The first-order valence-corrected chi connectivity index (χ1v) is 7.71. The number of rotatable bonds is 6. The van der Waals surface area contributed by atoms with E-state index in [9.17, 15) is 9.59 Å². The molecule has 118 valence electrons. The van der Waals surface area contributed by atoms with Crippen molar-refractivity contribution in [3.05, 3.63) is 5.01 Å². The number of amides is 2. The summed E-state index contributed by atoms with van der Waals surface area (Å²) in [7, 11) is 0. The molecule has 7 nitrogen and oxygen atoms in total. The van der Waals surface area contributed by atoms with Crippen molar-refractivity contribution in [2.24, 2.45) is 0 Å². The Kier molecular flexibility index (Phi) is 6.54. The lowest BCUT2D eigenvalue weighted by Crippen LogP contribution is -2.33. The second-order valence-electron chi connectivity index (χ2n) is 5.43. The van der Waals surface area contributed by atoms with Gasteiger partial charge in [0.2, 0.25) is 11.0 Å². The minimum absolute atomic E-state index is 0.139. The average molecular weight is 314 g/mol. The lowest BCUT2D eigenvalue weighted by atomic mass is 10.2. The van der Waals surface area contributed by atoms with E-state index in [1.807, 2.05) is 6.92 Å². The number of aromatic nitrogens is 2. The summed E-state index contributed by atoms with van der Waals surface area (Å²) < 4.78 is 5.09. The largest absolute Gasteiger partial charge is 0.444 e. The molecule has 1 aromatic heterocycles. The maximum atomic E-state index is 11.7. The highest BCUT2D eigenvalue weighted by atomic mass is 32.1. The van der Waals surface area contributed by atoms with Crippen LogP contribution in [0.5, 0.6) is 0 Å². The van der Waals surface area contributed by atoms with E-state index < -0.39 is 11.7 Å². The van der Waals surface area contributed by atoms with Gasteiger partial charge in [0, 0.05) is 13.0 Å². The minimum atomic E-state index is -0.518. The Morgan fingerprint density at radius 3 is 2.57 bits per heavy atom. The van der Waals surface area contributed by atoms with Crippen molar-refractivity contribution >= 4 is 28.5 Å². The number of hydrogen-bond acceptors (Lipinski definition) is 6. The van der Waals surface area contributed by atoms with Gasteiger partial charge in [-0.25, -0.2) is 4.79 Å². The van der Waals surface area contributed by atoms with E-state index in [1.165, 1.54) is 11.3 Å². The summed E-state index contributed by atoms with van der Waals surface area (Å²) in [5.41, 5.74) is -0.518. The van der Waals surface area contributed by atoms with Crippen molar-refractivity contribution in [2.45, 2.75) is 52.6 Å². The average Bonchev–Trinajstić information content (AvgIpc) is 2.80. The molecule has 0 aliphatic heterocycles. The van der Waals surface area contributed by atoms with Gasteiger partial charge in [0.05, 0.1) is 0 Å². The van der Waals surface area contributed by atoms with Crippen LogP contribution in [0.4, 0.5) is 9.93 Å². The molecule has 1 rings (SSSR count). The number of alkyl carbamates (subject to hydrolysis) is 1. The number of hydrogen-bond donors (Lipinski definition) is 2. The number of carbonyl (C=O) groups is 2. The Bertz CT molecular complexity index is 482. The maximum Gasteiger partial charge on any atom is 0.407 e. The molecule has 2 N–H and O–H groups in total. The summed E-state index contributed by atoms with van der Waals surface area (Å²) in [6.45, 7) is 7.76. The molecule has 0 aliphatic rings. The zero-order chi connectivity index (χ0) is 15.9. The van der Waals surface area contributed by atoms with Crippen LogP contribution >= 0.6 is 11.3 Å². The number of anilines is 1. The molecule has 0 unspecified atom stereocenters. The number of carbonyl (C=O) groups excluding carboxylic acids is 2. The van der Waals surface area contributed by atoms with Crippen molar-refractivity contribution in [2.75, 3.05) is 11.9 Å². The number of aryl methyl sites for hydroxylation is 1. The summed E-state index contributed by atoms with van der Waals surface area (Å²) in [6, 6.07) is 0. The predicted molar refractivity (Wildman–Crippen MR) is 81.4 cm³/mol. The zero-order valence-corrected chi connectivity index (χ0v) is 13.7. The standard InChI is InChI=1S/C13H22N4O3S/c1-5-10-16-17-11(21-10)15-9(18)7-6-8-14-12(19)20-13(2,3)4/h5-8H2,1-4H3,(H,14,19)(H,15,17,18). The lowest BCUT2D eigenvalue weighted by molar-refractivity contribution is -0.116. The summed E-state index contributed by atoms with van der Waals surface area (Å²) in [4.78, 5) is 23.0. The van der Waals surface area contributed by atoms with Gasteiger partial charge in [-0.2, -0.15) is 0 Å². The normalized spacial score (nSPS) is 11.0. The third-order valence-electron chi connectivity index (χ3n) is 2.26. The van der Waals surface area contributed by atoms with Gasteiger partial charge >= 0.3 is 6.09 Å². The maximum absolute atomic E-state index is 11.7. The number of nitrogens with zero attached hydrogens (tertiary/aromatic N) is 2. The quantitative estimate of drug-likeness (QED) is 0.786. The Labute approximate surface area is 128 Å². The first-order valence-electron chi connectivity index (χ1n) is 6.89. The summed E-state index contributed by atoms with van der Waals surface area (Å²) in [5, 5.41) is 14.5. The van der Waals surface area contributed by atoms with Crippen LogP contribution in [0.2, 0.25) is 0 Å². The van der Waals surface area contributed by atoms with E-state index in [1.54, 1.807) is 20.8 Å². The molecular formula is C13H22N4O3S. The van der Waals surface area contributed by atoms with Gasteiger partial charge in [-0.1, -0.05) is 18.3 Å². The molecule has 0 aromatic carbocycles. The molecule has 2 amide bonds. The third kappa shape index (κ3) is 7.60. The molecule has 0 aliphatic carbocycles. The lowest BCUT2D eigenvalue weighted by Gasteiger charge is -2.19. The van der Waals surface area contributed by atoms with Crippen LogP contribution in [0.1, 0.15) is 45.5 Å². The molecule has 0 atom stereocenters. The fraction of sp³-hybridized carbons (Fsp3) is 0.692. The van der Waals surface area contributed by atoms with E-state index in [-0.39, 0.29) is 5.91 Å². The van der Waals surface area contributed by atoms with Crippen molar-refractivity contribution in [3.8, 4) is 0 Å². The minimum Gasteiger partial charge on any atom is -0.444 e. The van der Waals surface area contributed by atoms with Gasteiger partial charge in [0.1, 0.15) is 10.6 Å². The number of ether oxygens (including phenoxy) is 1.